The molecule has 1 unspecified atom stereocenters. The molecule has 3 heterocycles. The van der Waals surface area contributed by atoms with Gasteiger partial charge in [0.25, 0.3) is 0 Å². The van der Waals surface area contributed by atoms with Gasteiger partial charge >= 0.3 is 0 Å². The Balaban J connectivity index is 1.35. The number of aromatic nitrogens is 2. The molecule has 0 spiro atoms. The quantitative estimate of drug-likeness (QED) is 0.737. The fourth-order valence-corrected chi connectivity index (χ4v) is 4.32. The van der Waals surface area contributed by atoms with Crippen molar-refractivity contribution in [2.45, 2.75) is 38.3 Å². The summed E-state index contributed by atoms with van der Waals surface area (Å²) < 4.78 is 0. The van der Waals surface area contributed by atoms with Crippen molar-refractivity contribution in [3.8, 4) is 0 Å². The fourth-order valence-electron chi connectivity index (χ4n) is 4.32. The van der Waals surface area contributed by atoms with Gasteiger partial charge in [0.15, 0.2) is 0 Å². The van der Waals surface area contributed by atoms with Crippen molar-refractivity contribution in [3.63, 3.8) is 0 Å². The van der Waals surface area contributed by atoms with Crippen molar-refractivity contribution in [1.82, 2.24) is 19.8 Å². The van der Waals surface area contributed by atoms with Gasteiger partial charge in [0.05, 0.1) is 6.04 Å². The molecular weight excluding hydrogens is 348 g/mol. The van der Waals surface area contributed by atoms with E-state index < -0.39 is 0 Å². The Morgan fingerprint density at radius 3 is 2.71 bits per heavy atom. The van der Waals surface area contributed by atoms with Crippen LogP contribution in [0.1, 0.15) is 36.8 Å². The molecule has 0 saturated carbocycles. The monoisotopic (exact) mass is 376 g/mol. The zero-order chi connectivity index (χ0) is 19.5. The minimum absolute atomic E-state index is 0.0840. The van der Waals surface area contributed by atoms with Crippen LogP contribution in [0.15, 0.2) is 54.9 Å². The lowest BCUT2D eigenvalue weighted by molar-refractivity contribution is -0.136. The van der Waals surface area contributed by atoms with Crippen molar-refractivity contribution in [2.75, 3.05) is 20.1 Å². The van der Waals surface area contributed by atoms with Crippen molar-refractivity contribution >= 4 is 16.9 Å². The highest BCUT2D eigenvalue weighted by Gasteiger charge is 2.29. The van der Waals surface area contributed by atoms with Gasteiger partial charge in [0.1, 0.15) is 5.65 Å². The lowest BCUT2D eigenvalue weighted by Crippen LogP contribution is -2.48. The molecule has 28 heavy (non-hydrogen) atoms. The third-order valence-corrected chi connectivity index (χ3v) is 6.00. The molecule has 1 N–H and O–H groups in total. The predicted molar refractivity (Wildman–Crippen MR) is 112 cm³/mol. The standard InChI is InChI=1S/C23H28N4O/c1-17(23(28)26(2)16-18-7-4-3-5-8-18)27-13-10-19(11-14-27)21-15-25-22-20(21)9-6-12-24-22/h3-9,12,15,17,19H,10-11,13-14,16H2,1-2H3,(H,24,25). The Bertz CT molecular complexity index is 928. The highest BCUT2D eigenvalue weighted by molar-refractivity contribution is 5.81. The van der Waals surface area contributed by atoms with E-state index in [1.54, 1.807) is 0 Å². The number of fused-ring (bicyclic) bond motifs is 1. The Morgan fingerprint density at radius 2 is 1.96 bits per heavy atom. The number of hydrogen-bond acceptors (Lipinski definition) is 3. The minimum Gasteiger partial charge on any atom is -0.346 e. The molecule has 2 aromatic heterocycles. The lowest BCUT2D eigenvalue weighted by Gasteiger charge is -2.36. The van der Waals surface area contributed by atoms with Crippen LogP contribution in [0.25, 0.3) is 11.0 Å². The summed E-state index contributed by atoms with van der Waals surface area (Å²) in [7, 11) is 1.90. The first-order valence-corrected chi connectivity index (χ1v) is 10.1. The van der Waals surface area contributed by atoms with Gasteiger partial charge in [-0.15, -0.1) is 0 Å². The van der Waals surface area contributed by atoms with Crippen molar-refractivity contribution in [3.05, 3.63) is 66.0 Å². The van der Waals surface area contributed by atoms with E-state index in [1.165, 1.54) is 10.9 Å². The third kappa shape index (κ3) is 3.80. The molecule has 5 nitrogen and oxygen atoms in total. The Morgan fingerprint density at radius 1 is 1.21 bits per heavy atom. The van der Waals surface area contributed by atoms with Crippen LogP contribution >= 0.6 is 0 Å². The Labute approximate surface area is 166 Å². The summed E-state index contributed by atoms with van der Waals surface area (Å²) in [5, 5.41) is 1.23. The highest BCUT2D eigenvalue weighted by atomic mass is 16.2. The van der Waals surface area contributed by atoms with Crippen molar-refractivity contribution in [1.29, 1.82) is 0 Å². The predicted octanol–water partition coefficient (Wildman–Crippen LogP) is 3.79. The van der Waals surface area contributed by atoms with Gasteiger partial charge in [-0.2, -0.15) is 0 Å². The SMILES string of the molecule is CC(C(=O)N(C)Cc1ccccc1)N1CCC(c2c[nH]c3ncccc23)CC1. The lowest BCUT2D eigenvalue weighted by atomic mass is 9.89. The van der Waals surface area contributed by atoms with E-state index in [4.69, 9.17) is 0 Å². The summed E-state index contributed by atoms with van der Waals surface area (Å²) in [6, 6.07) is 14.2. The average molecular weight is 377 g/mol. The van der Waals surface area contributed by atoms with E-state index in [2.05, 4.69) is 39.3 Å². The molecule has 1 aromatic carbocycles. The molecule has 0 radical (unpaired) electrons. The first-order chi connectivity index (χ1) is 13.6. The van der Waals surface area contributed by atoms with E-state index in [1.807, 2.05) is 49.3 Å². The molecule has 3 aromatic rings. The summed E-state index contributed by atoms with van der Waals surface area (Å²) in [5.74, 6) is 0.720. The van der Waals surface area contributed by atoms with Gasteiger partial charge in [-0.05, 0) is 62.0 Å². The second kappa shape index (κ2) is 8.15. The number of hydrogen-bond donors (Lipinski definition) is 1. The van der Waals surface area contributed by atoms with E-state index in [-0.39, 0.29) is 11.9 Å². The van der Waals surface area contributed by atoms with Crippen LogP contribution in [0, 0.1) is 0 Å². The summed E-state index contributed by atoms with van der Waals surface area (Å²) in [5.41, 5.74) is 3.49. The van der Waals surface area contributed by atoms with Gasteiger partial charge in [-0.1, -0.05) is 30.3 Å². The molecule has 146 valence electrons. The molecule has 1 amide bonds. The molecule has 1 atom stereocenters. The summed E-state index contributed by atoms with van der Waals surface area (Å²) >= 11 is 0. The van der Waals surface area contributed by atoms with Gasteiger partial charge in [-0.25, -0.2) is 4.98 Å². The molecule has 1 aliphatic rings. The van der Waals surface area contributed by atoms with Gasteiger partial charge in [-0.3, -0.25) is 9.69 Å². The molecule has 1 fully saturated rings. The van der Waals surface area contributed by atoms with Gasteiger partial charge in [0, 0.05) is 31.4 Å². The smallest absolute Gasteiger partial charge is 0.239 e. The maximum Gasteiger partial charge on any atom is 0.239 e. The Kier molecular flexibility index (Phi) is 5.44. The number of H-pyrrole nitrogens is 1. The number of nitrogens with one attached hydrogen (secondary N) is 1. The van der Waals surface area contributed by atoms with Crippen molar-refractivity contribution < 1.29 is 4.79 Å². The van der Waals surface area contributed by atoms with Crippen LogP contribution in [-0.2, 0) is 11.3 Å². The van der Waals surface area contributed by atoms with E-state index in [0.717, 1.165) is 37.1 Å². The number of amides is 1. The second-order valence-corrected chi connectivity index (χ2v) is 7.81. The van der Waals surface area contributed by atoms with Crippen molar-refractivity contribution in [2.24, 2.45) is 0 Å². The summed E-state index contributed by atoms with van der Waals surface area (Å²) in [4.78, 5) is 24.8. The number of pyridine rings is 1. The summed E-state index contributed by atoms with van der Waals surface area (Å²) in [6.07, 6.45) is 6.08. The molecule has 1 saturated heterocycles. The van der Waals surface area contributed by atoms with E-state index >= 15 is 0 Å². The van der Waals surface area contributed by atoms with E-state index in [0.29, 0.717) is 12.5 Å². The zero-order valence-electron chi connectivity index (χ0n) is 16.6. The van der Waals surface area contributed by atoms with Gasteiger partial charge < -0.3 is 9.88 Å². The maximum absolute atomic E-state index is 12.9. The number of benzene rings is 1. The first kappa shape index (κ1) is 18.7. The van der Waals surface area contributed by atoms with Crippen LogP contribution < -0.4 is 0 Å². The first-order valence-electron chi connectivity index (χ1n) is 10.1. The summed E-state index contributed by atoms with van der Waals surface area (Å²) in [6.45, 7) is 4.59. The molecule has 4 rings (SSSR count). The average Bonchev–Trinajstić information content (AvgIpc) is 3.17. The number of carbonyl (C=O) groups excluding carboxylic acids is 1. The third-order valence-electron chi connectivity index (χ3n) is 6.00. The number of rotatable bonds is 5. The minimum atomic E-state index is -0.0840. The largest absolute Gasteiger partial charge is 0.346 e. The number of nitrogens with zero attached hydrogens (tertiary/aromatic N) is 3. The number of aromatic amines is 1. The van der Waals surface area contributed by atoms with Crippen LogP contribution in [-0.4, -0.2) is 51.9 Å². The zero-order valence-corrected chi connectivity index (χ0v) is 16.6. The topological polar surface area (TPSA) is 52.2 Å². The normalized spacial score (nSPS) is 16.9. The second-order valence-electron chi connectivity index (χ2n) is 7.81. The molecular formula is C23H28N4O. The van der Waals surface area contributed by atoms with Crippen LogP contribution in [0.5, 0.6) is 0 Å². The number of likely N-dealkylation sites (N-methyl/N-ethyl adjacent to an activating group) is 1. The molecule has 0 bridgehead atoms. The van der Waals surface area contributed by atoms with Gasteiger partial charge in [0.2, 0.25) is 5.91 Å². The molecule has 5 heteroatoms. The number of piperidine rings is 1. The van der Waals surface area contributed by atoms with Crippen LogP contribution in [0.2, 0.25) is 0 Å². The van der Waals surface area contributed by atoms with E-state index in [9.17, 15) is 4.79 Å². The van der Waals surface area contributed by atoms with Crippen LogP contribution in [0.3, 0.4) is 0 Å². The molecule has 0 aliphatic carbocycles. The highest BCUT2D eigenvalue weighted by Crippen LogP contribution is 2.33. The Hall–Kier alpha value is -2.66. The number of carbonyl (C=O) groups is 1. The molecule has 1 aliphatic heterocycles. The number of likely N-dealkylation sites (tertiary alicyclic amines) is 1. The van der Waals surface area contributed by atoms with Crippen LogP contribution in [0.4, 0.5) is 0 Å². The fraction of sp³-hybridized carbons (Fsp3) is 0.391. The maximum atomic E-state index is 12.9.